The third-order valence-electron chi connectivity index (χ3n) is 8.41. The standard InChI is InChI=1S/C35H30N4O13S4/c1-19-13-25(53(43,44)38-29-7-3-5-21-15-23(40)17-31(33(21)29)55(47,48)49)9-11-27(19)36-35(42)37-28-12-10-26(14-20(28)2)54(45,46)39-30-8-4-6-22-16-24(41)18-32(34(22)30)56(50,51)52/h3-18,38-41H,1-2H3,(H2,36,37,42)(H,47,48,49)(H,50,51,52). The van der Waals surface area contributed by atoms with Crippen molar-refractivity contribution in [1.82, 2.24) is 0 Å². The average molecular weight is 843 g/mol. The Morgan fingerprint density at radius 1 is 0.500 bits per heavy atom. The zero-order valence-corrected chi connectivity index (χ0v) is 32.1. The third kappa shape index (κ3) is 8.17. The molecule has 17 nitrogen and oxygen atoms in total. The summed E-state index contributed by atoms with van der Waals surface area (Å²) in [4.78, 5) is 11.0. The number of benzene rings is 6. The maximum atomic E-state index is 13.4. The van der Waals surface area contributed by atoms with Gasteiger partial charge in [0.05, 0.1) is 21.2 Å². The summed E-state index contributed by atoms with van der Waals surface area (Å²) in [5.41, 5.74) is 0.610. The number of hydrogen-bond acceptors (Lipinski definition) is 11. The van der Waals surface area contributed by atoms with Crippen LogP contribution in [0.2, 0.25) is 0 Å². The van der Waals surface area contributed by atoms with Crippen LogP contribution in [-0.2, 0) is 40.3 Å². The number of carbonyl (C=O) groups excluding carboxylic acids is 1. The van der Waals surface area contributed by atoms with Gasteiger partial charge < -0.3 is 20.8 Å². The topological polar surface area (TPSA) is 283 Å². The number of urea groups is 1. The van der Waals surface area contributed by atoms with Gasteiger partial charge in [0, 0.05) is 34.3 Å². The highest BCUT2D eigenvalue weighted by Gasteiger charge is 2.24. The van der Waals surface area contributed by atoms with Crippen molar-refractivity contribution in [2.75, 3.05) is 20.1 Å². The maximum Gasteiger partial charge on any atom is 0.323 e. The lowest BCUT2D eigenvalue weighted by Gasteiger charge is -2.16. The Balaban J connectivity index is 1.18. The molecule has 8 N–H and O–H groups in total. The number of fused-ring (bicyclic) bond motifs is 2. The van der Waals surface area contributed by atoms with E-state index in [2.05, 4.69) is 20.1 Å². The second-order valence-corrected chi connectivity index (χ2v) is 18.5. The number of anilines is 4. The minimum atomic E-state index is -4.88. The Kier molecular flexibility index (Phi) is 10.1. The monoisotopic (exact) mass is 842 g/mol. The lowest BCUT2D eigenvalue weighted by Crippen LogP contribution is -2.21. The number of carbonyl (C=O) groups is 1. The van der Waals surface area contributed by atoms with Crippen molar-refractivity contribution in [3.05, 3.63) is 108 Å². The summed E-state index contributed by atoms with van der Waals surface area (Å²) in [7, 11) is -18.5. The molecule has 0 unspecified atom stereocenters. The molecule has 0 radical (unpaired) electrons. The van der Waals surface area contributed by atoms with Crippen molar-refractivity contribution in [2.24, 2.45) is 0 Å². The van der Waals surface area contributed by atoms with E-state index in [1.54, 1.807) is 0 Å². The van der Waals surface area contributed by atoms with E-state index < -0.39 is 67.6 Å². The molecule has 292 valence electrons. The summed E-state index contributed by atoms with van der Waals surface area (Å²) in [5, 5.41) is 24.9. The van der Waals surface area contributed by atoms with Crippen LogP contribution in [0, 0.1) is 13.8 Å². The van der Waals surface area contributed by atoms with Gasteiger partial charge in [-0.25, -0.2) is 21.6 Å². The second-order valence-electron chi connectivity index (χ2n) is 12.4. The van der Waals surface area contributed by atoms with Crippen molar-refractivity contribution >= 4 is 90.6 Å². The van der Waals surface area contributed by atoms with Crippen LogP contribution in [0.25, 0.3) is 21.5 Å². The van der Waals surface area contributed by atoms with E-state index in [4.69, 9.17) is 0 Å². The molecule has 2 amide bonds. The summed E-state index contributed by atoms with van der Waals surface area (Å²) in [5.74, 6) is -0.939. The molecule has 0 saturated carbocycles. The lowest BCUT2D eigenvalue weighted by atomic mass is 10.1. The van der Waals surface area contributed by atoms with Crippen LogP contribution >= 0.6 is 0 Å². The van der Waals surface area contributed by atoms with Crippen molar-refractivity contribution < 1.29 is 57.8 Å². The van der Waals surface area contributed by atoms with Crippen LogP contribution in [0.5, 0.6) is 11.5 Å². The first-order valence-corrected chi connectivity index (χ1v) is 21.7. The first kappa shape index (κ1) is 39.7. The van der Waals surface area contributed by atoms with Gasteiger partial charge in [0.2, 0.25) is 0 Å². The van der Waals surface area contributed by atoms with Gasteiger partial charge >= 0.3 is 6.03 Å². The fraction of sp³-hybridized carbons (Fsp3) is 0.0571. The van der Waals surface area contributed by atoms with Gasteiger partial charge in [0.15, 0.2) is 0 Å². The Hall–Kier alpha value is -5.97. The third-order valence-corrected chi connectivity index (χ3v) is 12.9. The molecule has 0 aliphatic rings. The zero-order valence-electron chi connectivity index (χ0n) is 28.8. The van der Waals surface area contributed by atoms with Gasteiger partial charge in [-0.05, 0) is 96.4 Å². The van der Waals surface area contributed by atoms with E-state index in [-0.39, 0.29) is 54.1 Å². The van der Waals surface area contributed by atoms with Crippen LogP contribution in [0.3, 0.4) is 0 Å². The molecular formula is C35H30N4O13S4. The van der Waals surface area contributed by atoms with Gasteiger partial charge in [-0.15, -0.1) is 0 Å². The van der Waals surface area contributed by atoms with Gasteiger partial charge in [0.25, 0.3) is 40.3 Å². The van der Waals surface area contributed by atoms with Gasteiger partial charge in [-0.2, -0.15) is 16.8 Å². The maximum absolute atomic E-state index is 13.4. The van der Waals surface area contributed by atoms with Crippen molar-refractivity contribution in [1.29, 1.82) is 0 Å². The Morgan fingerprint density at radius 3 is 1.21 bits per heavy atom. The van der Waals surface area contributed by atoms with Crippen molar-refractivity contribution in [3.8, 4) is 11.5 Å². The molecule has 6 aromatic carbocycles. The zero-order chi connectivity index (χ0) is 41.0. The molecule has 0 heterocycles. The van der Waals surface area contributed by atoms with Crippen LogP contribution < -0.4 is 20.1 Å². The van der Waals surface area contributed by atoms with E-state index in [9.17, 15) is 57.8 Å². The van der Waals surface area contributed by atoms with Gasteiger partial charge in [-0.3, -0.25) is 18.5 Å². The summed E-state index contributed by atoms with van der Waals surface area (Å²) < 4.78 is 126. The number of phenols is 2. The predicted octanol–water partition coefficient (Wildman–Crippen LogP) is 5.76. The molecule has 21 heteroatoms. The van der Waals surface area contributed by atoms with Crippen molar-refractivity contribution in [3.63, 3.8) is 0 Å². The number of amides is 2. The Labute approximate surface area is 320 Å². The molecule has 0 atom stereocenters. The number of hydrogen-bond donors (Lipinski definition) is 8. The Morgan fingerprint density at radius 2 is 0.875 bits per heavy atom. The molecule has 0 aliphatic carbocycles. The molecule has 6 aromatic rings. The fourth-order valence-corrected chi connectivity index (χ4v) is 9.72. The number of aromatic hydroxyl groups is 2. The highest BCUT2D eigenvalue weighted by atomic mass is 32.2. The van der Waals surface area contributed by atoms with E-state index >= 15 is 0 Å². The largest absolute Gasteiger partial charge is 0.508 e. The molecule has 0 aromatic heterocycles. The molecule has 0 fully saturated rings. The first-order valence-electron chi connectivity index (χ1n) is 15.8. The number of aryl methyl sites for hydroxylation is 2. The molecule has 0 aliphatic heterocycles. The van der Waals surface area contributed by atoms with Crippen LogP contribution in [0.4, 0.5) is 27.5 Å². The molecule has 0 saturated heterocycles. The quantitative estimate of drug-likeness (QED) is 0.0763. The molecular weight excluding hydrogens is 813 g/mol. The number of phenolic OH excluding ortho intramolecular Hbond substituents is 2. The SMILES string of the molecule is Cc1cc(S(=O)(=O)Nc2cccc3cc(O)cc(S(=O)(=O)O)c23)ccc1NC(=O)Nc1ccc(S(=O)(=O)Nc2cccc3cc(O)cc(S(=O)(=O)O)c23)cc1C. The van der Waals surface area contributed by atoms with Crippen LogP contribution in [0.1, 0.15) is 11.1 Å². The summed E-state index contributed by atoms with van der Waals surface area (Å²) in [6.07, 6.45) is 0. The smallest absolute Gasteiger partial charge is 0.323 e. The van der Waals surface area contributed by atoms with E-state index in [0.717, 1.165) is 12.1 Å². The predicted molar refractivity (Wildman–Crippen MR) is 207 cm³/mol. The average Bonchev–Trinajstić information content (AvgIpc) is 3.08. The van der Waals surface area contributed by atoms with Crippen LogP contribution in [0.15, 0.2) is 117 Å². The minimum Gasteiger partial charge on any atom is -0.508 e. The molecule has 0 bridgehead atoms. The molecule has 56 heavy (non-hydrogen) atoms. The molecule has 0 spiro atoms. The van der Waals surface area contributed by atoms with Crippen LogP contribution in [-0.4, -0.2) is 59.0 Å². The highest BCUT2D eigenvalue weighted by Crippen LogP contribution is 2.36. The fourth-order valence-electron chi connectivity index (χ4n) is 5.89. The summed E-state index contributed by atoms with van der Waals surface area (Å²) in [6.45, 7) is 3.03. The van der Waals surface area contributed by atoms with E-state index in [1.165, 1.54) is 98.8 Å². The lowest BCUT2D eigenvalue weighted by molar-refractivity contribution is 0.262. The minimum absolute atomic E-state index is 0.128. The van der Waals surface area contributed by atoms with E-state index in [0.29, 0.717) is 11.1 Å². The normalized spacial score (nSPS) is 12.4. The van der Waals surface area contributed by atoms with Crippen molar-refractivity contribution in [2.45, 2.75) is 33.4 Å². The molecule has 6 rings (SSSR count). The number of sulfonamides is 2. The Bertz CT molecular complexity index is 2880. The summed E-state index contributed by atoms with van der Waals surface area (Å²) >= 11 is 0. The number of rotatable bonds is 10. The van der Waals surface area contributed by atoms with Gasteiger partial charge in [0.1, 0.15) is 21.3 Å². The number of nitrogens with one attached hydrogen (secondary N) is 4. The van der Waals surface area contributed by atoms with Gasteiger partial charge in [-0.1, -0.05) is 24.3 Å². The summed E-state index contributed by atoms with van der Waals surface area (Å²) in [6, 6.07) is 18.9. The second kappa shape index (κ2) is 14.3. The first-order chi connectivity index (χ1) is 26.0. The van der Waals surface area contributed by atoms with E-state index in [1.807, 2.05) is 0 Å². The highest BCUT2D eigenvalue weighted by molar-refractivity contribution is 7.93.